The number of anilines is 2. The van der Waals surface area contributed by atoms with E-state index in [-0.39, 0.29) is 5.91 Å². The van der Waals surface area contributed by atoms with Crippen LogP contribution in [0.25, 0.3) is 6.08 Å². The molecule has 3 aromatic rings. The summed E-state index contributed by atoms with van der Waals surface area (Å²) in [6.07, 6.45) is 18.7. The van der Waals surface area contributed by atoms with Gasteiger partial charge in [-0.05, 0) is 110 Å². The first-order valence-electron chi connectivity index (χ1n) is 18.4. The van der Waals surface area contributed by atoms with Gasteiger partial charge in [0, 0.05) is 35.7 Å². The van der Waals surface area contributed by atoms with E-state index >= 15 is 0 Å². The maximum atomic E-state index is 14.2. The molecule has 0 radical (unpaired) electrons. The highest BCUT2D eigenvalue weighted by Gasteiger charge is 2.39. The van der Waals surface area contributed by atoms with Gasteiger partial charge in [0.05, 0.1) is 5.54 Å². The molecule has 1 saturated carbocycles. The number of amides is 1. The van der Waals surface area contributed by atoms with Gasteiger partial charge in [-0.3, -0.25) is 9.59 Å². The number of benzene rings is 3. The molecule has 1 heterocycles. The topological polar surface area (TPSA) is 61.4 Å². The molecule has 1 aliphatic heterocycles. The molecular formula is C43H55N3O2. The van der Waals surface area contributed by atoms with Gasteiger partial charge >= 0.3 is 0 Å². The van der Waals surface area contributed by atoms with E-state index in [9.17, 15) is 9.59 Å². The second-order valence-corrected chi connectivity index (χ2v) is 14.1. The zero-order valence-electron chi connectivity index (χ0n) is 29.2. The number of allylic oxidation sites excluding steroid dienone is 1. The fourth-order valence-electron chi connectivity index (χ4n) is 7.38. The predicted molar refractivity (Wildman–Crippen MR) is 201 cm³/mol. The molecule has 0 bridgehead atoms. The number of rotatable bonds is 15. The van der Waals surface area contributed by atoms with E-state index in [0.29, 0.717) is 11.5 Å². The van der Waals surface area contributed by atoms with Crippen LogP contribution in [0.4, 0.5) is 11.4 Å². The number of aryl methyl sites for hydroxylation is 2. The summed E-state index contributed by atoms with van der Waals surface area (Å²) < 4.78 is 0. The SMILES string of the molecule is C=C(Nc1ccc(/C=C/C=O)cc1)C1(NC(=O)c2ccc(CCCCCCCC)c(N3CCCc4ccccc4C3)c2)CCC(C)CC1. The van der Waals surface area contributed by atoms with Crippen LogP contribution < -0.4 is 15.5 Å². The highest BCUT2D eigenvalue weighted by atomic mass is 16.1. The predicted octanol–water partition coefficient (Wildman–Crippen LogP) is 10.1. The molecule has 0 spiro atoms. The molecular weight excluding hydrogens is 590 g/mol. The Bertz CT molecular complexity index is 1550. The van der Waals surface area contributed by atoms with E-state index in [0.717, 1.165) is 81.3 Å². The molecule has 2 N–H and O–H groups in total. The lowest BCUT2D eigenvalue weighted by molar-refractivity contribution is -0.104. The highest BCUT2D eigenvalue weighted by molar-refractivity contribution is 5.96. The Balaban J connectivity index is 1.37. The second kappa shape index (κ2) is 17.3. The summed E-state index contributed by atoms with van der Waals surface area (Å²) in [5, 5.41) is 7.03. The van der Waals surface area contributed by atoms with Gasteiger partial charge in [-0.25, -0.2) is 0 Å². The number of unbranched alkanes of at least 4 members (excludes halogenated alkanes) is 5. The van der Waals surface area contributed by atoms with Crippen LogP contribution in [0.3, 0.4) is 0 Å². The summed E-state index contributed by atoms with van der Waals surface area (Å²) in [5.41, 5.74) is 8.25. The molecule has 0 saturated heterocycles. The van der Waals surface area contributed by atoms with Gasteiger partial charge in [0.15, 0.2) is 0 Å². The number of hydrogen-bond donors (Lipinski definition) is 2. The standard InChI is InChI=1S/C43H55N3O2/c1-4-5-6-7-8-9-16-37-21-22-38(31-41(37)46-29-12-18-36-15-10-11-17-39(36)32-46)42(48)45-43(27-25-33(2)26-28-43)34(3)44-40-23-19-35(20-24-40)14-13-30-47/h10-11,13-15,17,19-24,30-31,33,44H,3-9,12,16,18,25-29,32H2,1-2H3,(H,45,48)/b14-13+. The molecule has 0 atom stereocenters. The lowest BCUT2D eigenvalue weighted by Crippen LogP contribution is -2.53. The number of nitrogens with one attached hydrogen (secondary N) is 2. The number of hydrogen-bond acceptors (Lipinski definition) is 4. The second-order valence-electron chi connectivity index (χ2n) is 14.1. The molecule has 3 aromatic carbocycles. The molecule has 2 aliphatic rings. The summed E-state index contributed by atoms with van der Waals surface area (Å²) in [6, 6.07) is 23.2. The minimum atomic E-state index is -0.543. The molecule has 48 heavy (non-hydrogen) atoms. The lowest BCUT2D eigenvalue weighted by atomic mass is 9.75. The zero-order chi connectivity index (χ0) is 33.8. The van der Waals surface area contributed by atoms with Crippen LogP contribution in [0, 0.1) is 5.92 Å². The molecule has 0 aromatic heterocycles. The maximum Gasteiger partial charge on any atom is 0.252 e. The van der Waals surface area contributed by atoms with Crippen molar-refractivity contribution in [1.82, 2.24) is 5.32 Å². The van der Waals surface area contributed by atoms with E-state index in [1.807, 2.05) is 30.3 Å². The maximum absolute atomic E-state index is 14.2. The Kier molecular flexibility index (Phi) is 12.7. The lowest BCUT2D eigenvalue weighted by Gasteiger charge is -2.42. The Morgan fingerprint density at radius 2 is 1.69 bits per heavy atom. The average Bonchev–Trinajstić information content (AvgIpc) is 3.33. The van der Waals surface area contributed by atoms with Crippen molar-refractivity contribution in [2.45, 2.75) is 109 Å². The van der Waals surface area contributed by atoms with E-state index < -0.39 is 5.54 Å². The fraction of sp³-hybridized carbons (Fsp3) is 0.442. The summed E-state index contributed by atoms with van der Waals surface area (Å²) in [6.45, 7) is 10.9. The van der Waals surface area contributed by atoms with Crippen molar-refractivity contribution < 1.29 is 9.59 Å². The van der Waals surface area contributed by atoms with Gasteiger partial charge in [0.1, 0.15) is 6.29 Å². The Labute approximate surface area is 288 Å². The van der Waals surface area contributed by atoms with Crippen molar-refractivity contribution >= 4 is 29.6 Å². The van der Waals surface area contributed by atoms with Crippen LogP contribution in [0.5, 0.6) is 0 Å². The molecule has 5 rings (SSSR count). The van der Waals surface area contributed by atoms with Crippen LogP contribution in [0.2, 0.25) is 0 Å². The van der Waals surface area contributed by atoms with Gasteiger partial charge < -0.3 is 15.5 Å². The third-order valence-corrected chi connectivity index (χ3v) is 10.5. The Morgan fingerprint density at radius 1 is 0.958 bits per heavy atom. The summed E-state index contributed by atoms with van der Waals surface area (Å²) >= 11 is 0. The quantitative estimate of drug-likeness (QED) is 0.0981. The molecule has 5 heteroatoms. The van der Waals surface area contributed by atoms with Crippen molar-refractivity contribution in [2.24, 2.45) is 5.92 Å². The minimum absolute atomic E-state index is 0.0376. The van der Waals surface area contributed by atoms with Crippen LogP contribution in [0.15, 0.2) is 85.1 Å². The Hall–Kier alpha value is -4.12. The number of fused-ring (bicyclic) bond motifs is 1. The third kappa shape index (κ3) is 9.27. The van der Waals surface area contributed by atoms with Gasteiger partial charge in [-0.15, -0.1) is 0 Å². The van der Waals surface area contributed by atoms with Crippen LogP contribution in [-0.4, -0.2) is 24.3 Å². The van der Waals surface area contributed by atoms with Crippen molar-refractivity contribution in [3.8, 4) is 0 Å². The Morgan fingerprint density at radius 3 is 2.44 bits per heavy atom. The van der Waals surface area contributed by atoms with E-state index in [1.165, 1.54) is 67.0 Å². The molecule has 1 fully saturated rings. The highest BCUT2D eigenvalue weighted by Crippen LogP contribution is 2.38. The van der Waals surface area contributed by atoms with Crippen molar-refractivity contribution in [3.63, 3.8) is 0 Å². The first-order chi connectivity index (χ1) is 23.4. The molecule has 5 nitrogen and oxygen atoms in total. The molecule has 0 unspecified atom stereocenters. The minimum Gasteiger partial charge on any atom is -0.367 e. The summed E-state index contributed by atoms with van der Waals surface area (Å²) in [4.78, 5) is 27.5. The van der Waals surface area contributed by atoms with Crippen molar-refractivity contribution in [3.05, 3.63) is 113 Å². The van der Waals surface area contributed by atoms with Gasteiger partial charge in [0.25, 0.3) is 5.91 Å². The van der Waals surface area contributed by atoms with Crippen LogP contribution in [0.1, 0.15) is 117 Å². The van der Waals surface area contributed by atoms with Crippen LogP contribution in [-0.2, 0) is 24.2 Å². The normalized spacial score (nSPS) is 19.4. The first-order valence-corrected chi connectivity index (χ1v) is 18.4. The molecule has 1 aliphatic carbocycles. The zero-order valence-corrected chi connectivity index (χ0v) is 29.2. The van der Waals surface area contributed by atoms with Gasteiger partial charge in [-0.1, -0.05) is 101 Å². The first kappa shape index (κ1) is 35.2. The van der Waals surface area contributed by atoms with Crippen LogP contribution >= 0.6 is 0 Å². The number of aldehydes is 1. The number of carbonyl (C=O) groups is 2. The number of carbonyl (C=O) groups excluding carboxylic acids is 2. The van der Waals surface area contributed by atoms with Crippen molar-refractivity contribution in [1.29, 1.82) is 0 Å². The van der Waals surface area contributed by atoms with Gasteiger partial charge in [-0.2, -0.15) is 0 Å². The van der Waals surface area contributed by atoms with Gasteiger partial charge in [0.2, 0.25) is 0 Å². The molecule has 254 valence electrons. The summed E-state index contributed by atoms with van der Waals surface area (Å²) in [7, 11) is 0. The number of nitrogens with zero attached hydrogens (tertiary/aromatic N) is 1. The average molecular weight is 646 g/mol. The summed E-state index contributed by atoms with van der Waals surface area (Å²) in [5.74, 6) is 0.579. The monoisotopic (exact) mass is 645 g/mol. The van der Waals surface area contributed by atoms with E-state index in [4.69, 9.17) is 0 Å². The van der Waals surface area contributed by atoms with E-state index in [2.05, 4.69) is 72.4 Å². The smallest absolute Gasteiger partial charge is 0.252 e. The third-order valence-electron chi connectivity index (χ3n) is 10.5. The van der Waals surface area contributed by atoms with Crippen molar-refractivity contribution in [2.75, 3.05) is 16.8 Å². The fourth-order valence-corrected chi connectivity index (χ4v) is 7.38. The molecule has 1 amide bonds. The van der Waals surface area contributed by atoms with E-state index in [1.54, 1.807) is 6.08 Å². The largest absolute Gasteiger partial charge is 0.367 e.